The van der Waals surface area contributed by atoms with Crippen LogP contribution in [0.5, 0.6) is 0 Å². The Morgan fingerprint density at radius 3 is 2.23 bits per heavy atom. The highest BCUT2D eigenvalue weighted by atomic mass is 79.9. The van der Waals surface area contributed by atoms with Gasteiger partial charge in [0.15, 0.2) is 0 Å². The minimum Gasteiger partial charge on any atom is -0.744 e. The summed E-state index contributed by atoms with van der Waals surface area (Å²) in [5, 5.41) is 0.769. The van der Waals surface area contributed by atoms with Crippen LogP contribution in [0.25, 0.3) is 0 Å². The van der Waals surface area contributed by atoms with Crippen molar-refractivity contribution in [2.24, 2.45) is 0 Å². The fraction of sp³-hybridized carbons (Fsp3) is 0.375. The van der Waals surface area contributed by atoms with E-state index in [1.54, 1.807) is 39.1 Å². The highest BCUT2D eigenvalue weighted by Crippen LogP contribution is 2.21. The van der Waals surface area contributed by atoms with Crippen molar-refractivity contribution in [3.8, 4) is 0 Å². The van der Waals surface area contributed by atoms with Gasteiger partial charge in [0.25, 0.3) is 5.01 Å². The van der Waals surface area contributed by atoms with Crippen molar-refractivity contribution in [3.05, 3.63) is 43.8 Å². The molecule has 2 N–H and O–H groups in total. The van der Waals surface area contributed by atoms with Gasteiger partial charge < -0.3 is 9.29 Å². The summed E-state index contributed by atoms with van der Waals surface area (Å²) in [7, 11) is -4.33. The maximum Gasteiger partial charge on any atom is 0.317 e. The second kappa shape index (κ2) is 9.45. The predicted octanol–water partition coefficient (Wildman–Crippen LogP) is 2.13. The van der Waals surface area contributed by atoms with Gasteiger partial charge in [-0.1, -0.05) is 33.7 Å². The van der Waals surface area contributed by atoms with Gasteiger partial charge in [-0.05, 0) is 54.8 Å². The van der Waals surface area contributed by atoms with Crippen LogP contribution in [0.3, 0.4) is 0 Å². The highest BCUT2D eigenvalue weighted by molar-refractivity contribution is 9.11. The quantitative estimate of drug-likeness (QED) is 0.320. The Hall–Kier alpha value is -1.49. The Morgan fingerprint density at radius 1 is 1.31 bits per heavy atom. The molecule has 2 rings (SSSR count). The van der Waals surface area contributed by atoms with E-state index in [0.29, 0.717) is 17.7 Å². The molecule has 0 saturated carbocycles. The summed E-state index contributed by atoms with van der Waals surface area (Å²) in [6, 6.07) is 3.38. The molecule has 26 heavy (non-hydrogen) atoms. The van der Waals surface area contributed by atoms with E-state index in [1.807, 2.05) is 6.92 Å². The summed E-state index contributed by atoms with van der Waals surface area (Å²) in [6.45, 7) is 7.30. The molecule has 0 aliphatic rings. The van der Waals surface area contributed by atoms with E-state index in [9.17, 15) is 17.8 Å². The van der Waals surface area contributed by atoms with Gasteiger partial charge in [-0.3, -0.25) is 4.79 Å². The number of hydrogen-bond donors (Lipinski definition) is 1. The largest absolute Gasteiger partial charge is 0.744 e. The van der Waals surface area contributed by atoms with E-state index in [4.69, 9.17) is 10.6 Å². The summed E-state index contributed by atoms with van der Waals surface area (Å²) in [5.74, 6) is 5.32. The fourth-order valence-corrected chi connectivity index (χ4v) is 4.82. The molecule has 0 bridgehead atoms. The molecular formula is C16H21BrN2O5S2. The van der Waals surface area contributed by atoms with Gasteiger partial charge in [0.05, 0.1) is 11.5 Å². The molecule has 0 atom stereocenters. The molecule has 0 spiro atoms. The lowest BCUT2D eigenvalue weighted by Crippen LogP contribution is -2.46. The van der Waals surface area contributed by atoms with Gasteiger partial charge in [0, 0.05) is 0 Å². The SMILES string of the molecule is CCOC(=O)Cc1sc(Br)c[n+]1N.Cc1cc(C)c(S(=O)(=O)[O-])c(C)c1. The van der Waals surface area contributed by atoms with Gasteiger partial charge >= 0.3 is 5.97 Å². The minimum absolute atomic E-state index is 0.0851. The van der Waals surface area contributed by atoms with Gasteiger partial charge in [0.1, 0.15) is 20.3 Å². The number of esters is 1. The maximum absolute atomic E-state index is 11.1. The molecule has 0 fully saturated rings. The van der Waals surface area contributed by atoms with Gasteiger partial charge in [-0.2, -0.15) is 0 Å². The molecule has 1 heterocycles. The number of thiazole rings is 1. The minimum atomic E-state index is -4.33. The molecule has 1 aromatic carbocycles. The first-order valence-electron chi connectivity index (χ1n) is 7.60. The van der Waals surface area contributed by atoms with Crippen molar-refractivity contribution in [2.75, 3.05) is 12.4 Å². The van der Waals surface area contributed by atoms with Crippen LogP contribution in [0.4, 0.5) is 0 Å². The average Bonchev–Trinajstić information content (AvgIpc) is 2.74. The number of nitrogen functional groups attached to an aromatic ring is 1. The molecule has 0 amide bonds. The van der Waals surface area contributed by atoms with Crippen molar-refractivity contribution in [2.45, 2.75) is 39.0 Å². The zero-order valence-corrected chi connectivity index (χ0v) is 18.1. The predicted molar refractivity (Wildman–Crippen MR) is 101 cm³/mol. The number of halogens is 1. The van der Waals surface area contributed by atoms with E-state index < -0.39 is 10.1 Å². The lowest BCUT2D eigenvalue weighted by molar-refractivity contribution is -0.641. The lowest BCUT2D eigenvalue weighted by atomic mass is 10.1. The van der Waals surface area contributed by atoms with Crippen LogP contribution in [0, 0.1) is 20.8 Å². The molecule has 0 unspecified atom stereocenters. The van der Waals surface area contributed by atoms with Gasteiger partial charge in [-0.25, -0.2) is 14.3 Å². The highest BCUT2D eigenvalue weighted by Gasteiger charge is 2.18. The Kier molecular flexibility index (Phi) is 8.19. The number of rotatable bonds is 4. The Labute approximate surface area is 165 Å². The molecule has 0 aliphatic heterocycles. The number of carbonyl (C=O) groups is 1. The summed E-state index contributed by atoms with van der Waals surface area (Å²) in [6.07, 6.45) is 1.93. The topological polar surface area (TPSA) is 113 Å². The van der Waals surface area contributed by atoms with Crippen LogP contribution in [0.2, 0.25) is 0 Å². The van der Waals surface area contributed by atoms with Crippen molar-refractivity contribution in [1.29, 1.82) is 0 Å². The van der Waals surface area contributed by atoms with Crippen LogP contribution in [0.15, 0.2) is 27.0 Å². The molecular weight excluding hydrogens is 444 g/mol. The Bertz CT molecular complexity index is 871. The van der Waals surface area contributed by atoms with Crippen molar-refractivity contribution < 1.29 is 27.2 Å². The third kappa shape index (κ3) is 6.67. The number of ether oxygens (including phenoxy) is 1. The van der Waals surface area contributed by atoms with Gasteiger partial charge in [0.2, 0.25) is 6.20 Å². The third-order valence-electron chi connectivity index (χ3n) is 3.20. The number of benzene rings is 1. The molecule has 0 aliphatic carbocycles. The van der Waals surface area contributed by atoms with Crippen LogP contribution in [-0.4, -0.2) is 25.5 Å². The van der Waals surface area contributed by atoms with E-state index in [-0.39, 0.29) is 17.3 Å². The number of aryl methyl sites for hydroxylation is 3. The number of nitrogens with two attached hydrogens (primary N) is 1. The number of carbonyl (C=O) groups excluding carboxylic acids is 1. The molecule has 2 aromatic rings. The number of aromatic nitrogens is 1. The maximum atomic E-state index is 11.1. The van der Waals surface area contributed by atoms with Crippen LogP contribution < -0.4 is 10.5 Å². The molecule has 0 radical (unpaired) electrons. The van der Waals surface area contributed by atoms with E-state index in [2.05, 4.69) is 15.9 Å². The monoisotopic (exact) mass is 464 g/mol. The first-order valence-corrected chi connectivity index (χ1v) is 10.6. The van der Waals surface area contributed by atoms with Gasteiger partial charge in [-0.15, -0.1) is 0 Å². The molecule has 1 aromatic heterocycles. The zero-order chi connectivity index (χ0) is 20.1. The van der Waals surface area contributed by atoms with Crippen molar-refractivity contribution in [3.63, 3.8) is 0 Å². The zero-order valence-electron chi connectivity index (χ0n) is 14.9. The van der Waals surface area contributed by atoms with Crippen LogP contribution in [0.1, 0.15) is 28.6 Å². The van der Waals surface area contributed by atoms with E-state index in [1.165, 1.54) is 16.0 Å². The summed E-state index contributed by atoms with van der Waals surface area (Å²) in [5.41, 5.74) is 2.00. The van der Waals surface area contributed by atoms with Crippen LogP contribution >= 0.6 is 27.3 Å². The summed E-state index contributed by atoms with van der Waals surface area (Å²) < 4.78 is 39.6. The number of nitrogens with zero attached hydrogens (tertiary/aromatic N) is 1. The van der Waals surface area contributed by atoms with Crippen LogP contribution in [-0.2, 0) is 26.1 Å². The van der Waals surface area contributed by atoms with E-state index >= 15 is 0 Å². The second-order valence-corrected chi connectivity index (χ2v) is 9.31. The third-order valence-corrected chi connectivity index (χ3v) is 5.92. The van der Waals surface area contributed by atoms with Crippen molar-refractivity contribution in [1.82, 2.24) is 0 Å². The summed E-state index contributed by atoms with van der Waals surface area (Å²) >= 11 is 4.70. The Balaban J connectivity index is 0.000000260. The molecule has 7 nitrogen and oxygen atoms in total. The Morgan fingerprint density at radius 2 is 1.85 bits per heavy atom. The first-order chi connectivity index (χ1) is 12.0. The fourth-order valence-electron chi connectivity index (χ4n) is 2.40. The first kappa shape index (κ1) is 22.6. The number of hydrogen-bond acceptors (Lipinski definition) is 7. The van der Waals surface area contributed by atoms with Crippen molar-refractivity contribution >= 4 is 43.4 Å². The molecule has 0 saturated heterocycles. The lowest BCUT2D eigenvalue weighted by Gasteiger charge is -2.14. The standard InChI is InChI=1S/C9H12O3S.C7H10BrN2O2S/c1-6-4-7(2)9(8(3)5-6)13(10,11)12;1-2-12-7(11)3-6-10(9)4-5(8)13-6/h4-5H,1-3H3,(H,10,11,12);4H,2-3,9H2,1H3/q;+1/p-1. The smallest absolute Gasteiger partial charge is 0.317 e. The normalized spacial score (nSPS) is 10.8. The molecule has 144 valence electrons. The summed E-state index contributed by atoms with van der Waals surface area (Å²) in [4.78, 5) is 11.0. The average molecular weight is 465 g/mol. The van der Waals surface area contributed by atoms with E-state index in [0.717, 1.165) is 14.4 Å². The second-order valence-electron chi connectivity index (χ2n) is 5.50. The molecule has 10 heteroatoms.